The summed E-state index contributed by atoms with van der Waals surface area (Å²) < 4.78 is 5.84. The van der Waals surface area contributed by atoms with Crippen LogP contribution in [0.4, 0.5) is 0 Å². The molecule has 5 heteroatoms. The van der Waals surface area contributed by atoms with Crippen LogP contribution in [0.5, 0.6) is 11.5 Å². The van der Waals surface area contributed by atoms with Crippen molar-refractivity contribution in [3.05, 3.63) is 34.9 Å². The second kappa shape index (κ2) is 4.43. The third-order valence-electron chi connectivity index (χ3n) is 4.00. The molecule has 0 radical (unpaired) electrons. The van der Waals surface area contributed by atoms with Gasteiger partial charge in [-0.2, -0.15) is 0 Å². The molecule has 1 heterocycles. The molecule has 21 heavy (non-hydrogen) atoms. The predicted molar refractivity (Wildman–Crippen MR) is 74.7 cm³/mol. The Morgan fingerprint density at radius 1 is 1.14 bits per heavy atom. The molecule has 0 saturated carbocycles. The minimum atomic E-state index is -0.489. The fourth-order valence-electron chi connectivity index (χ4n) is 2.93. The number of phenolic OH excluding ortho intramolecular Hbond substituents is 2. The van der Waals surface area contributed by atoms with Crippen LogP contribution in [0.15, 0.2) is 18.2 Å². The first-order valence-electron chi connectivity index (χ1n) is 6.83. The lowest BCUT2D eigenvalue weighted by Crippen LogP contribution is -2.18. The van der Waals surface area contributed by atoms with Gasteiger partial charge in [0.25, 0.3) is 0 Å². The van der Waals surface area contributed by atoms with Gasteiger partial charge >= 0.3 is 0 Å². The largest absolute Gasteiger partial charge is 0.507 e. The summed E-state index contributed by atoms with van der Waals surface area (Å²) in [5.41, 5.74) is -0.234. The number of allylic oxidation sites excluding steroid dienone is 2. The van der Waals surface area contributed by atoms with Crippen LogP contribution in [0.25, 0.3) is 0 Å². The van der Waals surface area contributed by atoms with Crippen LogP contribution in [-0.4, -0.2) is 27.4 Å². The summed E-state index contributed by atoms with van der Waals surface area (Å²) >= 11 is 0. The number of ether oxygens (including phenoxy) is 1. The Balaban J connectivity index is 2.14. The lowest BCUT2D eigenvalue weighted by Gasteiger charge is -2.22. The van der Waals surface area contributed by atoms with E-state index in [2.05, 4.69) is 0 Å². The van der Waals surface area contributed by atoms with Crippen LogP contribution in [0.3, 0.4) is 0 Å². The maximum atomic E-state index is 11.9. The number of hydrogen-bond donors (Lipinski definition) is 2. The number of rotatable bonds is 1. The smallest absolute Gasteiger partial charge is 0.190 e. The summed E-state index contributed by atoms with van der Waals surface area (Å²) in [5.74, 6) is -1.55. The van der Waals surface area contributed by atoms with Gasteiger partial charge in [-0.1, -0.05) is 0 Å². The highest BCUT2D eigenvalue weighted by Crippen LogP contribution is 2.46. The van der Waals surface area contributed by atoms with E-state index in [1.54, 1.807) is 0 Å². The van der Waals surface area contributed by atoms with E-state index in [1.165, 1.54) is 6.07 Å². The third-order valence-corrected chi connectivity index (χ3v) is 4.00. The Morgan fingerprint density at radius 3 is 2.33 bits per heavy atom. The highest BCUT2D eigenvalue weighted by atomic mass is 16.5. The summed E-state index contributed by atoms with van der Waals surface area (Å²) in [7, 11) is 0. The molecule has 1 fully saturated rings. The van der Waals surface area contributed by atoms with E-state index in [0.717, 1.165) is 18.6 Å². The molecule has 1 saturated heterocycles. The van der Waals surface area contributed by atoms with Gasteiger partial charge in [-0.15, -0.1) is 0 Å². The van der Waals surface area contributed by atoms with Crippen LogP contribution >= 0.6 is 0 Å². The molecule has 1 aliphatic carbocycles. The zero-order chi connectivity index (χ0) is 15.4. The Bertz CT molecular complexity index is 684. The fraction of sp³-hybridized carbons (Fsp3) is 0.375. The van der Waals surface area contributed by atoms with Crippen LogP contribution < -0.4 is 0 Å². The standard InChI is InChI=1S/C16H16O5/c1-16(2)6-5-12(21-16)8-7-11(19)13-9(17)3-4-10(18)14(13)15(8)20/h3-4,7,12,19-20H,5-6H2,1-2H3/t12-/m0/s1. The van der Waals surface area contributed by atoms with Crippen molar-refractivity contribution < 1.29 is 24.5 Å². The topological polar surface area (TPSA) is 83.8 Å². The Morgan fingerprint density at radius 2 is 1.76 bits per heavy atom. The van der Waals surface area contributed by atoms with E-state index in [9.17, 15) is 19.8 Å². The second-order valence-corrected chi connectivity index (χ2v) is 6.05. The van der Waals surface area contributed by atoms with Crippen LogP contribution in [0.2, 0.25) is 0 Å². The Hall–Kier alpha value is -2.14. The Labute approximate surface area is 121 Å². The normalized spacial score (nSPS) is 23.4. The van der Waals surface area contributed by atoms with E-state index in [1.807, 2.05) is 13.8 Å². The zero-order valence-corrected chi connectivity index (χ0v) is 11.8. The van der Waals surface area contributed by atoms with Gasteiger partial charge in [-0.25, -0.2) is 0 Å². The van der Waals surface area contributed by atoms with Gasteiger partial charge in [0.1, 0.15) is 11.5 Å². The summed E-state index contributed by atoms with van der Waals surface area (Å²) in [6.45, 7) is 3.89. The third kappa shape index (κ3) is 2.14. The minimum Gasteiger partial charge on any atom is -0.507 e. The van der Waals surface area contributed by atoms with E-state index in [4.69, 9.17) is 4.74 Å². The number of ketones is 2. The molecule has 2 aliphatic rings. The molecule has 0 bridgehead atoms. The van der Waals surface area contributed by atoms with Crippen LogP contribution in [-0.2, 0) is 4.74 Å². The molecule has 1 atom stereocenters. The van der Waals surface area contributed by atoms with Crippen molar-refractivity contribution in [1.82, 2.24) is 0 Å². The lowest BCUT2D eigenvalue weighted by atomic mass is 9.89. The predicted octanol–water partition coefficient (Wildman–Crippen LogP) is 2.66. The van der Waals surface area contributed by atoms with E-state index in [-0.39, 0.29) is 28.2 Å². The second-order valence-electron chi connectivity index (χ2n) is 6.05. The summed E-state index contributed by atoms with van der Waals surface area (Å²) in [4.78, 5) is 23.7. The molecule has 0 amide bonds. The average molecular weight is 288 g/mol. The lowest BCUT2D eigenvalue weighted by molar-refractivity contribution is -0.0172. The monoisotopic (exact) mass is 288 g/mol. The van der Waals surface area contributed by atoms with E-state index < -0.39 is 17.7 Å². The molecule has 1 aliphatic heterocycles. The molecule has 3 rings (SSSR count). The van der Waals surface area contributed by atoms with Crippen molar-refractivity contribution in [2.75, 3.05) is 0 Å². The van der Waals surface area contributed by atoms with Crippen molar-refractivity contribution in [2.24, 2.45) is 0 Å². The molecule has 1 aromatic carbocycles. The van der Waals surface area contributed by atoms with Gasteiger partial charge in [-0.3, -0.25) is 9.59 Å². The minimum absolute atomic E-state index is 0.134. The van der Waals surface area contributed by atoms with Crippen molar-refractivity contribution in [3.8, 4) is 11.5 Å². The molecule has 110 valence electrons. The van der Waals surface area contributed by atoms with Crippen molar-refractivity contribution in [3.63, 3.8) is 0 Å². The van der Waals surface area contributed by atoms with E-state index >= 15 is 0 Å². The molecular weight excluding hydrogens is 272 g/mol. The van der Waals surface area contributed by atoms with Crippen LogP contribution in [0, 0.1) is 0 Å². The summed E-state index contributed by atoms with van der Waals surface area (Å²) in [6, 6.07) is 1.32. The van der Waals surface area contributed by atoms with Gasteiger partial charge in [0, 0.05) is 5.56 Å². The first-order valence-corrected chi connectivity index (χ1v) is 6.83. The Kier molecular flexibility index (Phi) is 2.92. The average Bonchev–Trinajstić information content (AvgIpc) is 2.76. The summed E-state index contributed by atoms with van der Waals surface area (Å²) in [6.07, 6.45) is 3.29. The number of carbonyl (C=O) groups excluding carboxylic acids is 2. The molecular formula is C16H16O5. The molecule has 2 N–H and O–H groups in total. The first kappa shape index (κ1) is 13.8. The number of carbonyl (C=O) groups is 2. The fourth-order valence-corrected chi connectivity index (χ4v) is 2.93. The maximum absolute atomic E-state index is 11.9. The van der Waals surface area contributed by atoms with Crippen molar-refractivity contribution in [2.45, 2.75) is 38.4 Å². The van der Waals surface area contributed by atoms with Crippen molar-refractivity contribution >= 4 is 11.6 Å². The highest BCUT2D eigenvalue weighted by Gasteiger charge is 2.37. The quantitative estimate of drug-likeness (QED) is 0.776. The number of hydrogen-bond acceptors (Lipinski definition) is 5. The SMILES string of the molecule is CC1(C)CC[C@@H](c2cc(O)c3c(c2O)C(=O)C=CC3=O)O1. The van der Waals surface area contributed by atoms with Gasteiger partial charge in [-0.05, 0) is 44.9 Å². The molecule has 0 aromatic heterocycles. The maximum Gasteiger partial charge on any atom is 0.190 e. The molecule has 1 aromatic rings. The van der Waals surface area contributed by atoms with Crippen molar-refractivity contribution in [1.29, 1.82) is 0 Å². The van der Waals surface area contributed by atoms with Gasteiger partial charge < -0.3 is 14.9 Å². The van der Waals surface area contributed by atoms with Gasteiger partial charge in [0.2, 0.25) is 0 Å². The van der Waals surface area contributed by atoms with Gasteiger partial charge in [0.05, 0.1) is 22.8 Å². The van der Waals surface area contributed by atoms with E-state index in [0.29, 0.717) is 12.0 Å². The van der Waals surface area contributed by atoms with Crippen LogP contribution in [0.1, 0.15) is 59.1 Å². The molecule has 0 unspecified atom stereocenters. The number of phenols is 2. The number of benzene rings is 1. The van der Waals surface area contributed by atoms with Gasteiger partial charge in [0.15, 0.2) is 11.6 Å². The first-order chi connectivity index (χ1) is 9.80. The highest BCUT2D eigenvalue weighted by molar-refractivity contribution is 6.24. The molecule has 0 spiro atoms. The molecule has 5 nitrogen and oxygen atoms in total. The summed E-state index contributed by atoms with van der Waals surface area (Å²) in [5, 5.41) is 20.4. The zero-order valence-electron chi connectivity index (χ0n) is 11.8. The number of fused-ring (bicyclic) bond motifs is 1. The number of aromatic hydroxyl groups is 2.